The summed E-state index contributed by atoms with van der Waals surface area (Å²) in [4.78, 5) is 21.0. The molecule has 0 radical (unpaired) electrons. The van der Waals surface area contributed by atoms with E-state index in [4.69, 9.17) is 11.6 Å². The Balaban J connectivity index is 2.20. The Kier molecular flexibility index (Phi) is 5.55. The molecule has 2 rings (SSSR count). The van der Waals surface area contributed by atoms with E-state index < -0.39 is 0 Å². The first-order chi connectivity index (χ1) is 10.8. The van der Waals surface area contributed by atoms with Crippen LogP contribution in [0.4, 0.5) is 11.5 Å². The molecule has 0 aliphatic heterocycles. The molecule has 1 amide bonds. The van der Waals surface area contributed by atoms with Gasteiger partial charge in [-0.1, -0.05) is 31.5 Å². The fourth-order valence-corrected chi connectivity index (χ4v) is 2.17. The highest BCUT2D eigenvalue weighted by Gasteiger charge is 2.12. The molecule has 0 spiro atoms. The predicted molar refractivity (Wildman–Crippen MR) is 94.2 cm³/mol. The predicted octanol–water partition coefficient (Wildman–Crippen LogP) is 4.07. The van der Waals surface area contributed by atoms with Crippen molar-refractivity contribution in [1.29, 1.82) is 0 Å². The van der Waals surface area contributed by atoms with E-state index in [1.807, 2.05) is 13.0 Å². The van der Waals surface area contributed by atoms with Crippen LogP contribution in [0.2, 0.25) is 5.02 Å². The van der Waals surface area contributed by atoms with Crippen LogP contribution < -0.4 is 10.6 Å². The maximum atomic E-state index is 12.4. The second-order valence-corrected chi connectivity index (χ2v) is 6.31. The Hall–Kier alpha value is -2.14. The minimum Gasteiger partial charge on any atom is -0.370 e. The fourth-order valence-electron chi connectivity index (χ4n) is 2.00. The normalized spacial score (nSPS) is 10.7. The number of carbonyl (C=O) groups is 1. The smallest absolute Gasteiger partial charge is 0.274 e. The summed E-state index contributed by atoms with van der Waals surface area (Å²) in [5, 5.41) is 6.63. The molecule has 0 unspecified atom stereocenters. The first-order valence-electron chi connectivity index (χ1n) is 7.52. The molecule has 0 saturated heterocycles. The van der Waals surface area contributed by atoms with Crippen LogP contribution >= 0.6 is 11.6 Å². The molecule has 2 aromatic rings. The molecule has 1 aromatic heterocycles. The lowest BCUT2D eigenvalue weighted by Crippen LogP contribution is -2.17. The molecule has 0 atom stereocenters. The Morgan fingerprint density at radius 1 is 1.22 bits per heavy atom. The van der Waals surface area contributed by atoms with Gasteiger partial charge in [0, 0.05) is 23.3 Å². The van der Waals surface area contributed by atoms with Gasteiger partial charge in [-0.15, -0.1) is 0 Å². The van der Waals surface area contributed by atoms with Gasteiger partial charge in [-0.3, -0.25) is 4.79 Å². The summed E-state index contributed by atoms with van der Waals surface area (Å²) in [7, 11) is 0. The third kappa shape index (κ3) is 4.93. The molecule has 0 saturated carbocycles. The highest BCUT2D eigenvalue weighted by atomic mass is 35.5. The Bertz CT molecular complexity index is 716. The van der Waals surface area contributed by atoms with Gasteiger partial charge < -0.3 is 10.6 Å². The number of hydrogen-bond acceptors (Lipinski definition) is 4. The van der Waals surface area contributed by atoms with Crippen LogP contribution in [0.3, 0.4) is 0 Å². The summed E-state index contributed by atoms with van der Waals surface area (Å²) in [5.41, 5.74) is 1.94. The molecule has 5 nitrogen and oxygen atoms in total. The number of aryl methyl sites for hydroxylation is 2. The average molecular weight is 333 g/mol. The van der Waals surface area contributed by atoms with Gasteiger partial charge in [-0.25, -0.2) is 9.97 Å². The van der Waals surface area contributed by atoms with Crippen LogP contribution in [0.15, 0.2) is 24.3 Å². The quantitative estimate of drug-likeness (QED) is 0.866. The standard InChI is InChI=1S/C17H21ClN4O/c1-10(2)9-19-16-8-15(20-12(4)21-16)17(23)22-14-7-13(18)6-5-11(14)3/h5-8,10H,9H2,1-4H3,(H,22,23)(H,19,20,21). The molecule has 0 aliphatic carbocycles. The molecule has 1 heterocycles. The van der Waals surface area contributed by atoms with Crippen LogP contribution in [0.1, 0.15) is 35.7 Å². The molecule has 1 aromatic carbocycles. The Morgan fingerprint density at radius 2 is 1.96 bits per heavy atom. The third-order valence-electron chi connectivity index (χ3n) is 3.21. The van der Waals surface area contributed by atoms with Crippen LogP contribution in [-0.2, 0) is 0 Å². The van der Waals surface area contributed by atoms with Crippen molar-refractivity contribution in [2.75, 3.05) is 17.2 Å². The van der Waals surface area contributed by atoms with E-state index in [2.05, 4.69) is 34.4 Å². The van der Waals surface area contributed by atoms with Gasteiger partial charge in [-0.2, -0.15) is 0 Å². The molecule has 6 heteroatoms. The number of nitrogens with one attached hydrogen (secondary N) is 2. The van der Waals surface area contributed by atoms with Gasteiger partial charge in [0.1, 0.15) is 17.3 Å². The first kappa shape index (κ1) is 17.2. The van der Waals surface area contributed by atoms with Crippen molar-refractivity contribution >= 4 is 29.0 Å². The summed E-state index contributed by atoms with van der Waals surface area (Å²) in [6.45, 7) is 8.67. The van der Waals surface area contributed by atoms with Gasteiger partial charge in [0.05, 0.1) is 0 Å². The van der Waals surface area contributed by atoms with Crippen LogP contribution in [0, 0.1) is 19.8 Å². The second-order valence-electron chi connectivity index (χ2n) is 5.87. The number of anilines is 2. The van der Waals surface area contributed by atoms with Gasteiger partial charge in [0.15, 0.2) is 0 Å². The van der Waals surface area contributed by atoms with E-state index in [0.29, 0.717) is 34.0 Å². The summed E-state index contributed by atoms with van der Waals surface area (Å²) >= 11 is 5.98. The highest BCUT2D eigenvalue weighted by Crippen LogP contribution is 2.21. The van der Waals surface area contributed by atoms with Gasteiger partial charge in [0.2, 0.25) is 0 Å². The zero-order valence-electron chi connectivity index (χ0n) is 13.8. The van der Waals surface area contributed by atoms with Crippen molar-refractivity contribution in [2.24, 2.45) is 5.92 Å². The van der Waals surface area contributed by atoms with Crippen molar-refractivity contribution in [3.8, 4) is 0 Å². The highest BCUT2D eigenvalue weighted by molar-refractivity contribution is 6.31. The topological polar surface area (TPSA) is 66.9 Å². The van der Waals surface area contributed by atoms with E-state index in [1.165, 1.54) is 0 Å². The summed E-state index contributed by atoms with van der Waals surface area (Å²) in [6, 6.07) is 7.03. The molecule has 2 N–H and O–H groups in total. The number of halogens is 1. The van der Waals surface area contributed by atoms with Crippen LogP contribution in [0.25, 0.3) is 0 Å². The van der Waals surface area contributed by atoms with Crippen molar-refractivity contribution in [3.05, 3.63) is 46.4 Å². The second kappa shape index (κ2) is 7.42. The van der Waals surface area contributed by atoms with E-state index in [-0.39, 0.29) is 5.91 Å². The van der Waals surface area contributed by atoms with E-state index in [9.17, 15) is 4.79 Å². The van der Waals surface area contributed by atoms with Crippen LogP contribution in [0.5, 0.6) is 0 Å². The molecule has 0 aliphatic rings. The average Bonchev–Trinajstić information content (AvgIpc) is 2.48. The maximum absolute atomic E-state index is 12.4. The number of nitrogens with zero attached hydrogens (tertiary/aromatic N) is 2. The lowest BCUT2D eigenvalue weighted by molar-refractivity contribution is 0.102. The van der Waals surface area contributed by atoms with E-state index >= 15 is 0 Å². The lowest BCUT2D eigenvalue weighted by atomic mass is 10.2. The van der Waals surface area contributed by atoms with Gasteiger partial charge >= 0.3 is 0 Å². The maximum Gasteiger partial charge on any atom is 0.274 e. The lowest BCUT2D eigenvalue weighted by Gasteiger charge is -2.11. The molecular formula is C17H21ClN4O. The molecule has 122 valence electrons. The first-order valence-corrected chi connectivity index (χ1v) is 7.90. The number of benzene rings is 1. The van der Waals surface area contributed by atoms with Crippen molar-refractivity contribution in [2.45, 2.75) is 27.7 Å². The number of amides is 1. The number of aromatic nitrogens is 2. The van der Waals surface area contributed by atoms with Gasteiger partial charge in [0.25, 0.3) is 5.91 Å². The summed E-state index contributed by atoms with van der Waals surface area (Å²) < 4.78 is 0. The number of carbonyl (C=O) groups excluding carboxylic acids is 1. The number of rotatable bonds is 5. The monoisotopic (exact) mass is 332 g/mol. The summed E-state index contributed by atoms with van der Waals surface area (Å²) in [5.74, 6) is 1.40. The molecule has 0 bridgehead atoms. The van der Waals surface area contributed by atoms with Crippen molar-refractivity contribution in [3.63, 3.8) is 0 Å². The minimum absolute atomic E-state index is 0.284. The number of hydrogen-bond donors (Lipinski definition) is 2. The van der Waals surface area contributed by atoms with E-state index in [1.54, 1.807) is 25.1 Å². The Morgan fingerprint density at radius 3 is 2.65 bits per heavy atom. The molecule has 23 heavy (non-hydrogen) atoms. The largest absolute Gasteiger partial charge is 0.370 e. The zero-order valence-corrected chi connectivity index (χ0v) is 14.5. The van der Waals surface area contributed by atoms with Crippen molar-refractivity contribution < 1.29 is 4.79 Å². The third-order valence-corrected chi connectivity index (χ3v) is 3.44. The van der Waals surface area contributed by atoms with Crippen molar-refractivity contribution in [1.82, 2.24) is 9.97 Å². The molecular weight excluding hydrogens is 312 g/mol. The van der Waals surface area contributed by atoms with E-state index in [0.717, 1.165) is 12.1 Å². The minimum atomic E-state index is -0.284. The SMILES string of the molecule is Cc1nc(NCC(C)C)cc(C(=O)Nc2cc(Cl)ccc2C)n1. The van der Waals surface area contributed by atoms with Gasteiger partial charge in [-0.05, 0) is 37.5 Å². The Labute approximate surface area is 141 Å². The molecule has 0 fully saturated rings. The summed E-state index contributed by atoms with van der Waals surface area (Å²) in [6.07, 6.45) is 0. The fraction of sp³-hybridized carbons (Fsp3) is 0.353. The zero-order chi connectivity index (χ0) is 17.0. The van der Waals surface area contributed by atoms with Crippen LogP contribution in [-0.4, -0.2) is 22.4 Å².